The molecule has 0 bridgehead atoms. The van der Waals surface area contributed by atoms with Crippen molar-refractivity contribution in [1.29, 1.82) is 0 Å². The molecule has 0 aliphatic carbocycles. The summed E-state index contributed by atoms with van der Waals surface area (Å²) in [5.41, 5.74) is 2.36. The van der Waals surface area contributed by atoms with Gasteiger partial charge in [0.15, 0.2) is 0 Å². The highest BCUT2D eigenvalue weighted by atomic mass is 19.1. The number of benzene rings is 1. The molecule has 0 radical (unpaired) electrons. The topological polar surface area (TPSA) is 42.4 Å². The van der Waals surface area contributed by atoms with Gasteiger partial charge in [-0.25, -0.2) is 4.39 Å². The predicted molar refractivity (Wildman–Crippen MR) is 84.4 cm³/mol. The van der Waals surface area contributed by atoms with E-state index in [9.17, 15) is 9.18 Å². The van der Waals surface area contributed by atoms with Gasteiger partial charge in [-0.1, -0.05) is 18.2 Å². The van der Waals surface area contributed by atoms with E-state index in [0.29, 0.717) is 25.3 Å². The Morgan fingerprint density at radius 3 is 3.00 bits per heavy atom. The first-order valence-corrected chi connectivity index (χ1v) is 7.69. The van der Waals surface area contributed by atoms with E-state index in [2.05, 4.69) is 4.98 Å². The van der Waals surface area contributed by atoms with Gasteiger partial charge in [0.2, 0.25) is 5.91 Å². The Bertz CT molecular complexity index is 705. The normalized spacial score (nSPS) is 18.0. The molecular formula is C18H19FN2O2. The van der Waals surface area contributed by atoms with Crippen LogP contribution in [0.15, 0.2) is 42.6 Å². The van der Waals surface area contributed by atoms with Gasteiger partial charge in [0.05, 0.1) is 19.6 Å². The first-order chi connectivity index (χ1) is 11.1. The highest BCUT2D eigenvalue weighted by Gasteiger charge is 2.26. The van der Waals surface area contributed by atoms with Crippen LogP contribution in [0.3, 0.4) is 0 Å². The molecule has 0 N–H and O–H groups in total. The lowest BCUT2D eigenvalue weighted by molar-refractivity contribution is -0.138. The molecule has 2 heterocycles. The number of hydrogen-bond acceptors (Lipinski definition) is 3. The molecule has 1 aromatic heterocycles. The number of aryl methyl sites for hydroxylation is 1. The van der Waals surface area contributed by atoms with Crippen molar-refractivity contribution in [2.45, 2.75) is 19.4 Å². The quantitative estimate of drug-likeness (QED) is 0.875. The summed E-state index contributed by atoms with van der Waals surface area (Å²) in [7, 11) is 0. The van der Waals surface area contributed by atoms with Gasteiger partial charge in [-0.15, -0.1) is 0 Å². The molecule has 5 heteroatoms. The number of ether oxygens (including phenoxy) is 1. The van der Waals surface area contributed by atoms with Gasteiger partial charge in [0.25, 0.3) is 0 Å². The molecule has 4 nitrogen and oxygen atoms in total. The van der Waals surface area contributed by atoms with Crippen LogP contribution in [0.2, 0.25) is 0 Å². The van der Waals surface area contributed by atoms with Crippen molar-refractivity contribution in [2.75, 3.05) is 19.7 Å². The molecule has 3 rings (SSSR count). The van der Waals surface area contributed by atoms with Gasteiger partial charge >= 0.3 is 0 Å². The van der Waals surface area contributed by atoms with Crippen LogP contribution in [0, 0.1) is 12.7 Å². The van der Waals surface area contributed by atoms with E-state index in [1.54, 1.807) is 29.3 Å². The first-order valence-electron chi connectivity index (χ1n) is 7.69. The summed E-state index contributed by atoms with van der Waals surface area (Å²) in [5, 5.41) is 0. The Morgan fingerprint density at radius 2 is 2.22 bits per heavy atom. The summed E-state index contributed by atoms with van der Waals surface area (Å²) in [6.07, 6.45) is 1.66. The largest absolute Gasteiger partial charge is 0.370 e. The second kappa shape index (κ2) is 6.87. The van der Waals surface area contributed by atoms with E-state index < -0.39 is 0 Å². The highest BCUT2D eigenvalue weighted by molar-refractivity contribution is 5.79. The van der Waals surface area contributed by atoms with Gasteiger partial charge in [-0.2, -0.15) is 0 Å². The highest BCUT2D eigenvalue weighted by Crippen LogP contribution is 2.23. The Morgan fingerprint density at radius 1 is 1.39 bits per heavy atom. The standard InChI is InChI=1S/C18H19FN2O2/c1-13-10-15(6-7-20-13)17-12-21(8-9-23-17)18(22)11-14-4-2-3-5-16(14)19/h2-7,10,17H,8-9,11-12H2,1H3/t17-/m1/s1. The van der Waals surface area contributed by atoms with Crippen LogP contribution in [-0.4, -0.2) is 35.5 Å². The van der Waals surface area contributed by atoms with Crippen LogP contribution in [0.4, 0.5) is 4.39 Å². The molecule has 1 aliphatic heterocycles. The molecule has 0 spiro atoms. The summed E-state index contributed by atoms with van der Waals surface area (Å²) in [6, 6.07) is 10.3. The average molecular weight is 314 g/mol. The fourth-order valence-corrected chi connectivity index (χ4v) is 2.76. The second-order valence-corrected chi connectivity index (χ2v) is 5.70. The molecule has 1 saturated heterocycles. The summed E-state index contributed by atoms with van der Waals surface area (Å²) in [5.74, 6) is -0.412. The zero-order valence-electron chi connectivity index (χ0n) is 13.0. The maximum Gasteiger partial charge on any atom is 0.227 e. The third-order valence-electron chi connectivity index (χ3n) is 4.01. The Hall–Kier alpha value is -2.27. The molecular weight excluding hydrogens is 295 g/mol. The number of carbonyl (C=O) groups is 1. The molecule has 1 atom stereocenters. The lowest BCUT2D eigenvalue weighted by atomic mass is 10.1. The van der Waals surface area contributed by atoms with E-state index >= 15 is 0 Å². The van der Waals surface area contributed by atoms with Crippen LogP contribution in [0.25, 0.3) is 0 Å². The van der Waals surface area contributed by atoms with E-state index in [1.165, 1.54) is 6.07 Å². The molecule has 0 saturated carbocycles. The zero-order chi connectivity index (χ0) is 16.2. The number of rotatable bonds is 3. The molecule has 1 aliphatic rings. The minimum atomic E-state index is -0.338. The lowest BCUT2D eigenvalue weighted by Crippen LogP contribution is -2.43. The van der Waals surface area contributed by atoms with Crippen molar-refractivity contribution in [3.05, 3.63) is 65.2 Å². The molecule has 120 valence electrons. The summed E-state index contributed by atoms with van der Waals surface area (Å²) >= 11 is 0. The third kappa shape index (κ3) is 3.74. The van der Waals surface area contributed by atoms with Gasteiger partial charge < -0.3 is 9.64 Å². The SMILES string of the molecule is Cc1cc([C@H]2CN(C(=O)Cc3ccccc3F)CCO2)ccn1. The van der Waals surface area contributed by atoms with Crippen LogP contribution < -0.4 is 0 Å². The smallest absolute Gasteiger partial charge is 0.227 e. The maximum atomic E-state index is 13.7. The lowest BCUT2D eigenvalue weighted by Gasteiger charge is -2.33. The minimum absolute atomic E-state index is 0.0748. The van der Waals surface area contributed by atoms with Crippen molar-refractivity contribution in [3.8, 4) is 0 Å². The summed E-state index contributed by atoms with van der Waals surface area (Å²) < 4.78 is 19.5. The van der Waals surface area contributed by atoms with Gasteiger partial charge in [-0.3, -0.25) is 9.78 Å². The minimum Gasteiger partial charge on any atom is -0.370 e. The van der Waals surface area contributed by atoms with Crippen molar-refractivity contribution in [2.24, 2.45) is 0 Å². The van der Waals surface area contributed by atoms with Crippen molar-refractivity contribution in [1.82, 2.24) is 9.88 Å². The van der Waals surface area contributed by atoms with Crippen LogP contribution in [0.1, 0.15) is 22.9 Å². The second-order valence-electron chi connectivity index (χ2n) is 5.70. The molecule has 1 aromatic carbocycles. The van der Waals surface area contributed by atoms with Crippen LogP contribution in [0.5, 0.6) is 0 Å². The fourth-order valence-electron chi connectivity index (χ4n) is 2.76. The summed E-state index contributed by atoms with van der Waals surface area (Å²) in [6.45, 7) is 3.42. The third-order valence-corrected chi connectivity index (χ3v) is 4.01. The number of aromatic nitrogens is 1. The van der Waals surface area contributed by atoms with E-state index in [0.717, 1.165) is 11.3 Å². The number of halogens is 1. The van der Waals surface area contributed by atoms with Crippen molar-refractivity contribution in [3.63, 3.8) is 0 Å². The molecule has 1 fully saturated rings. The van der Waals surface area contributed by atoms with Gasteiger partial charge in [0, 0.05) is 18.4 Å². The van der Waals surface area contributed by atoms with E-state index in [-0.39, 0.29) is 24.2 Å². The predicted octanol–water partition coefficient (Wildman–Crippen LogP) is 2.67. The van der Waals surface area contributed by atoms with E-state index in [4.69, 9.17) is 4.74 Å². The number of nitrogens with zero attached hydrogens (tertiary/aromatic N) is 2. The van der Waals surface area contributed by atoms with E-state index in [1.807, 2.05) is 19.1 Å². The molecule has 0 unspecified atom stereocenters. The average Bonchev–Trinajstić information content (AvgIpc) is 2.57. The maximum absolute atomic E-state index is 13.7. The van der Waals surface area contributed by atoms with Gasteiger partial charge in [-0.05, 0) is 36.2 Å². The van der Waals surface area contributed by atoms with Crippen molar-refractivity contribution < 1.29 is 13.9 Å². The summed E-state index contributed by atoms with van der Waals surface area (Å²) in [4.78, 5) is 18.4. The van der Waals surface area contributed by atoms with Crippen LogP contribution in [-0.2, 0) is 16.0 Å². The number of carbonyl (C=O) groups excluding carboxylic acids is 1. The Balaban J connectivity index is 1.68. The van der Waals surface area contributed by atoms with Gasteiger partial charge in [0.1, 0.15) is 11.9 Å². The Kier molecular flexibility index (Phi) is 4.67. The Labute approximate surface area is 134 Å². The molecule has 23 heavy (non-hydrogen) atoms. The molecule has 2 aromatic rings. The van der Waals surface area contributed by atoms with Crippen LogP contribution >= 0.6 is 0 Å². The monoisotopic (exact) mass is 314 g/mol. The number of hydrogen-bond donors (Lipinski definition) is 0. The number of pyridine rings is 1. The first kappa shape index (κ1) is 15.6. The van der Waals surface area contributed by atoms with Crippen molar-refractivity contribution >= 4 is 5.91 Å². The number of amides is 1. The zero-order valence-corrected chi connectivity index (χ0v) is 13.0. The number of morpholine rings is 1. The molecule has 1 amide bonds. The fraction of sp³-hybridized carbons (Fsp3) is 0.333.